The van der Waals surface area contributed by atoms with Crippen LogP contribution < -0.4 is 9.64 Å². The van der Waals surface area contributed by atoms with E-state index in [1.165, 1.54) is 0 Å². The minimum absolute atomic E-state index is 0.606. The van der Waals surface area contributed by atoms with E-state index in [0.717, 1.165) is 72.0 Å². The highest BCUT2D eigenvalue weighted by Gasteiger charge is 2.52. The lowest BCUT2D eigenvalue weighted by Gasteiger charge is -2.40. The summed E-state index contributed by atoms with van der Waals surface area (Å²) in [6, 6.07) is 39.7. The van der Waals surface area contributed by atoms with Crippen LogP contribution in [0.2, 0.25) is 0 Å². The first kappa shape index (κ1) is 23.3. The van der Waals surface area contributed by atoms with E-state index in [-0.39, 0.29) is 0 Å². The lowest BCUT2D eigenvalue weighted by Crippen LogP contribution is -2.32. The van der Waals surface area contributed by atoms with Crippen LogP contribution in [0, 0.1) is 11.3 Å². The smallest absolute Gasteiger partial charge is 0.134 e. The molecule has 0 N–H and O–H groups in total. The van der Waals surface area contributed by atoms with Crippen molar-refractivity contribution in [2.45, 2.75) is 15.2 Å². The monoisotopic (exact) mass is 556 g/mol. The zero-order chi connectivity index (χ0) is 27.8. The summed E-state index contributed by atoms with van der Waals surface area (Å²) in [6.45, 7) is 0. The van der Waals surface area contributed by atoms with Gasteiger partial charge in [-0.1, -0.05) is 60.3 Å². The van der Waals surface area contributed by atoms with Gasteiger partial charge in [0, 0.05) is 45.1 Å². The van der Waals surface area contributed by atoms with Gasteiger partial charge in [0.1, 0.15) is 11.5 Å². The molecule has 0 atom stereocenters. The molecule has 0 radical (unpaired) electrons. The van der Waals surface area contributed by atoms with Gasteiger partial charge in [-0.25, -0.2) is 0 Å². The zero-order valence-electron chi connectivity index (χ0n) is 22.2. The average molecular weight is 557 g/mol. The summed E-state index contributed by atoms with van der Waals surface area (Å²) in [5, 5.41) is 9.57. The molecular formula is C36H20N4OS. The topological polar surface area (TPSA) is 62.0 Å². The van der Waals surface area contributed by atoms with Crippen LogP contribution in [-0.4, -0.2) is 9.97 Å². The van der Waals surface area contributed by atoms with E-state index in [0.29, 0.717) is 5.56 Å². The molecule has 6 aromatic rings. The van der Waals surface area contributed by atoms with Crippen LogP contribution in [0.3, 0.4) is 0 Å². The zero-order valence-corrected chi connectivity index (χ0v) is 23.0. The molecule has 0 amide bonds. The lowest BCUT2D eigenvalue weighted by atomic mass is 9.66. The number of ether oxygens (including phenoxy) is 1. The van der Waals surface area contributed by atoms with Crippen LogP contribution in [0.1, 0.15) is 27.8 Å². The number of aromatic nitrogens is 2. The molecule has 0 saturated heterocycles. The minimum Gasteiger partial charge on any atom is -0.457 e. The van der Waals surface area contributed by atoms with Gasteiger partial charge in [-0.05, 0) is 65.7 Å². The van der Waals surface area contributed by atoms with Crippen molar-refractivity contribution in [1.82, 2.24) is 9.97 Å². The quantitative estimate of drug-likeness (QED) is 0.201. The van der Waals surface area contributed by atoms with Crippen molar-refractivity contribution < 1.29 is 4.74 Å². The molecule has 9 rings (SSSR count). The molecule has 2 aromatic heterocycles. The number of anilines is 3. The molecular weight excluding hydrogens is 536 g/mol. The van der Waals surface area contributed by atoms with Gasteiger partial charge >= 0.3 is 0 Å². The van der Waals surface area contributed by atoms with Crippen LogP contribution >= 0.6 is 11.8 Å². The molecule has 0 unspecified atom stereocenters. The molecule has 2 aliphatic heterocycles. The molecule has 6 heteroatoms. The first-order valence-corrected chi connectivity index (χ1v) is 14.5. The predicted octanol–water partition coefficient (Wildman–Crippen LogP) is 8.75. The Morgan fingerprint density at radius 1 is 0.643 bits per heavy atom. The average Bonchev–Trinajstić information content (AvgIpc) is 3.34. The van der Waals surface area contributed by atoms with Crippen LogP contribution in [0.5, 0.6) is 11.5 Å². The Morgan fingerprint density at radius 2 is 1.33 bits per heavy atom. The number of nitrogens with zero attached hydrogens (tertiary/aromatic N) is 4. The van der Waals surface area contributed by atoms with Crippen molar-refractivity contribution in [3.63, 3.8) is 0 Å². The third kappa shape index (κ3) is 2.98. The number of hydrogen-bond donors (Lipinski definition) is 0. The third-order valence-corrected chi connectivity index (χ3v) is 9.55. The van der Waals surface area contributed by atoms with Crippen molar-refractivity contribution in [1.29, 1.82) is 5.26 Å². The Labute approximate surface area is 246 Å². The first-order chi connectivity index (χ1) is 20.8. The number of fused-ring (bicyclic) bond motifs is 11. The third-order valence-electron chi connectivity index (χ3n) is 8.44. The van der Waals surface area contributed by atoms with E-state index < -0.39 is 5.41 Å². The summed E-state index contributed by atoms with van der Waals surface area (Å²) in [5.41, 5.74) is 9.33. The maximum absolute atomic E-state index is 9.57. The van der Waals surface area contributed by atoms with Crippen molar-refractivity contribution in [2.75, 3.05) is 4.90 Å². The molecule has 42 heavy (non-hydrogen) atoms. The maximum Gasteiger partial charge on any atom is 0.134 e. The van der Waals surface area contributed by atoms with E-state index in [4.69, 9.17) is 14.7 Å². The van der Waals surface area contributed by atoms with E-state index in [9.17, 15) is 5.26 Å². The highest BCUT2D eigenvalue weighted by atomic mass is 32.2. The van der Waals surface area contributed by atoms with Crippen molar-refractivity contribution in [3.8, 4) is 29.0 Å². The molecule has 1 spiro atoms. The highest BCUT2D eigenvalue weighted by molar-refractivity contribution is 7.99. The standard InChI is InChI=1S/C36H20N4OS/c37-21-22-13-16-29-33(19-22)42-32-12-4-2-10-28(32)40(29)23-14-15-25-31(20-23)41-30-11-3-1-7-24(30)36(25)26-8-5-17-38-34(26)35-27(36)9-6-18-39-35/h1-20H. The number of rotatable bonds is 1. The predicted molar refractivity (Wildman–Crippen MR) is 163 cm³/mol. The van der Waals surface area contributed by atoms with Crippen LogP contribution in [0.4, 0.5) is 17.1 Å². The van der Waals surface area contributed by atoms with E-state index in [1.807, 2.05) is 54.9 Å². The number of benzene rings is 4. The number of pyridine rings is 2. The largest absolute Gasteiger partial charge is 0.457 e. The Morgan fingerprint density at radius 3 is 2.14 bits per heavy atom. The van der Waals surface area contributed by atoms with Crippen molar-refractivity contribution >= 4 is 28.8 Å². The second kappa shape index (κ2) is 8.56. The normalized spacial score (nSPS) is 14.4. The lowest BCUT2D eigenvalue weighted by molar-refractivity contribution is 0.436. The highest BCUT2D eigenvalue weighted by Crippen LogP contribution is 2.62. The maximum atomic E-state index is 9.57. The molecule has 4 heterocycles. The Bertz CT molecular complexity index is 2100. The van der Waals surface area contributed by atoms with Crippen LogP contribution in [0.25, 0.3) is 11.4 Å². The summed E-state index contributed by atoms with van der Waals surface area (Å²) in [5.74, 6) is 1.62. The van der Waals surface area contributed by atoms with Gasteiger partial charge in [0.15, 0.2) is 0 Å². The van der Waals surface area contributed by atoms with Gasteiger partial charge in [0.25, 0.3) is 0 Å². The first-order valence-electron chi connectivity index (χ1n) is 13.7. The van der Waals surface area contributed by atoms with Crippen molar-refractivity contribution in [2.24, 2.45) is 0 Å². The minimum atomic E-state index is -0.606. The molecule has 1 aliphatic carbocycles. The van der Waals surface area contributed by atoms with Crippen LogP contribution in [-0.2, 0) is 5.41 Å². The summed E-state index contributed by atoms with van der Waals surface area (Å²) >= 11 is 1.69. The second-order valence-corrected chi connectivity index (χ2v) is 11.6. The molecule has 3 aliphatic rings. The fourth-order valence-corrected chi connectivity index (χ4v) is 7.89. The molecule has 0 bridgehead atoms. The van der Waals surface area contributed by atoms with Crippen molar-refractivity contribution in [3.05, 3.63) is 149 Å². The molecule has 4 aromatic carbocycles. The second-order valence-electron chi connectivity index (χ2n) is 10.5. The van der Waals surface area contributed by atoms with Gasteiger partial charge in [-0.2, -0.15) is 5.26 Å². The van der Waals surface area contributed by atoms with E-state index in [1.54, 1.807) is 11.8 Å². The van der Waals surface area contributed by atoms with Gasteiger partial charge in [-0.3, -0.25) is 9.97 Å². The van der Waals surface area contributed by atoms with Gasteiger partial charge in [0.05, 0.1) is 39.8 Å². The number of nitriles is 1. The summed E-state index contributed by atoms with van der Waals surface area (Å²) < 4.78 is 6.72. The van der Waals surface area contributed by atoms with Gasteiger partial charge in [0.2, 0.25) is 0 Å². The van der Waals surface area contributed by atoms with Crippen LogP contribution in [0.15, 0.2) is 131 Å². The summed E-state index contributed by atoms with van der Waals surface area (Å²) in [6.07, 6.45) is 3.68. The summed E-state index contributed by atoms with van der Waals surface area (Å²) in [4.78, 5) is 14.1. The molecule has 0 saturated carbocycles. The number of hydrogen-bond acceptors (Lipinski definition) is 6. The fraction of sp³-hybridized carbons (Fsp3) is 0.0278. The van der Waals surface area contributed by atoms with E-state index >= 15 is 0 Å². The fourth-order valence-electron chi connectivity index (χ4n) is 6.80. The Kier molecular flexibility index (Phi) is 4.76. The van der Waals surface area contributed by atoms with Gasteiger partial charge in [-0.15, -0.1) is 0 Å². The molecule has 196 valence electrons. The Balaban J connectivity index is 1.31. The van der Waals surface area contributed by atoms with Gasteiger partial charge < -0.3 is 9.64 Å². The SMILES string of the molecule is N#Cc1ccc2c(c1)Sc1ccccc1N2c1ccc2c(c1)Oc1ccccc1C21c2cccnc2-c2ncccc21. The molecule has 5 nitrogen and oxygen atoms in total. The summed E-state index contributed by atoms with van der Waals surface area (Å²) in [7, 11) is 0. The Hall–Kier alpha value is -5.38. The van der Waals surface area contributed by atoms with E-state index in [2.05, 4.69) is 77.7 Å². The molecule has 0 fully saturated rings. The number of para-hydroxylation sites is 2.